The van der Waals surface area contributed by atoms with Crippen LogP contribution in [0.5, 0.6) is 0 Å². The first-order chi connectivity index (χ1) is 15.5. The second-order valence-electron chi connectivity index (χ2n) is 7.55. The van der Waals surface area contributed by atoms with Crippen molar-refractivity contribution in [3.63, 3.8) is 0 Å². The highest BCUT2D eigenvalue weighted by Gasteiger charge is 2.32. The normalized spacial score (nSPS) is 12.2. The van der Waals surface area contributed by atoms with Crippen molar-refractivity contribution in [2.24, 2.45) is 0 Å². The van der Waals surface area contributed by atoms with Gasteiger partial charge >= 0.3 is 0 Å². The molecule has 0 unspecified atom stereocenters. The van der Waals surface area contributed by atoms with Crippen LogP contribution < -0.4 is 9.62 Å². The smallest absolute Gasteiger partial charge is 0.244 e. The molecule has 0 radical (unpaired) electrons. The van der Waals surface area contributed by atoms with Crippen molar-refractivity contribution in [2.75, 3.05) is 24.2 Å². The summed E-state index contributed by atoms with van der Waals surface area (Å²) < 4.78 is 26.4. The first-order valence-electron chi connectivity index (χ1n) is 10.5. The van der Waals surface area contributed by atoms with Crippen molar-refractivity contribution in [1.29, 1.82) is 0 Å². The largest absolute Gasteiger partial charge is 0.357 e. The molecule has 0 spiro atoms. The summed E-state index contributed by atoms with van der Waals surface area (Å²) in [6.07, 6.45) is 1.99. The number of halogens is 2. The third-order valence-corrected chi connectivity index (χ3v) is 7.02. The lowest BCUT2D eigenvalue weighted by Crippen LogP contribution is -2.51. The Morgan fingerprint density at radius 2 is 1.73 bits per heavy atom. The van der Waals surface area contributed by atoms with Gasteiger partial charge in [0, 0.05) is 23.6 Å². The molecule has 0 aliphatic rings. The van der Waals surface area contributed by atoms with Crippen LogP contribution in [-0.4, -0.2) is 51.0 Å². The number of para-hydroxylation sites is 1. The summed E-state index contributed by atoms with van der Waals surface area (Å²) in [4.78, 5) is 27.5. The molecular weight excluding hydrogens is 485 g/mol. The molecule has 1 N–H and O–H groups in total. The summed E-state index contributed by atoms with van der Waals surface area (Å²) in [6, 6.07) is 11.1. The van der Waals surface area contributed by atoms with Crippen molar-refractivity contribution < 1.29 is 18.0 Å². The van der Waals surface area contributed by atoms with Gasteiger partial charge in [-0.05, 0) is 42.2 Å². The summed E-state index contributed by atoms with van der Waals surface area (Å²) in [6.45, 7) is 3.27. The summed E-state index contributed by atoms with van der Waals surface area (Å²) >= 11 is 12.3. The van der Waals surface area contributed by atoms with Gasteiger partial charge in [0.1, 0.15) is 12.6 Å². The van der Waals surface area contributed by atoms with E-state index in [9.17, 15) is 18.0 Å². The highest BCUT2D eigenvalue weighted by molar-refractivity contribution is 7.92. The third kappa shape index (κ3) is 6.85. The Bertz CT molecular complexity index is 1110. The number of sulfonamides is 1. The molecule has 0 saturated heterocycles. The molecule has 0 aliphatic heterocycles. The van der Waals surface area contributed by atoms with Crippen LogP contribution in [0.4, 0.5) is 5.69 Å². The molecule has 33 heavy (non-hydrogen) atoms. The van der Waals surface area contributed by atoms with E-state index in [4.69, 9.17) is 23.2 Å². The second-order valence-corrected chi connectivity index (χ2v) is 10.3. The summed E-state index contributed by atoms with van der Waals surface area (Å²) in [5, 5.41) is 3.37. The maximum atomic E-state index is 13.5. The van der Waals surface area contributed by atoms with Gasteiger partial charge < -0.3 is 10.2 Å². The molecule has 0 heterocycles. The van der Waals surface area contributed by atoms with Crippen LogP contribution in [0.15, 0.2) is 42.5 Å². The van der Waals surface area contributed by atoms with Crippen molar-refractivity contribution in [2.45, 2.75) is 39.3 Å². The second kappa shape index (κ2) is 11.7. The summed E-state index contributed by atoms with van der Waals surface area (Å²) in [5.41, 5.74) is 1.83. The molecule has 0 saturated carbocycles. The Balaban J connectivity index is 2.50. The maximum absolute atomic E-state index is 13.5. The quantitative estimate of drug-likeness (QED) is 0.522. The number of aryl methyl sites for hydroxylation is 1. The van der Waals surface area contributed by atoms with E-state index in [0.29, 0.717) is 34.1 Å². The number of rotatable bonds is 10. The van der Waals surface area contributed by atoms with E-state index in [-0.39, 0.29) is 12.5 Å². The van der Waals surface area contributed by atoms with Crippen LogP contribution in [-0.2, 0) is 32.6 Å². The van der Waals surface area contributed by atoms with Crippen LogP contribution in [0.2, 0.25) is 10.0 Å². The van der Waals surface area contributed by atoms with E-state index in [2.05, 4.69) is 5.32 Å². The summed E-state index contributed by atoms with van der Waals surface area (Å²) in [7, 11) is -2.29. The van der Waals surface area contributed by atoms with E-state index in [1.807, 2.05) is 19.1 Å². The Hall–Kier alpha value is -2.29. The number of carbonyl (C=O) groups is 2. The Morgan fingerprint density at radius 1 is 1.06 bits per heavy atom. The Kier molecular flexibility index (Phi) is 9.57. The van der Waals surface area contributed by atoms with Crippen molar-refractivity contribution >= 4 is 50.7 Å². The van der Waals surface area contributed by atoms with Gasteiger partial charge in [-0.15, -0.1) is 0 Å². The molecule has 0 bridgehead atoms. The van der Waals surface area contributed by atoms with E-state index >= 15 is 0 Å². The fourth-order valence-corrected chi connectivity index (χ4v) is 4.92. The van der Waals surface area contributed by atoms with Gasteiger partial charge in [-0.25, -0.2) is 8.42 Å². The van der Waals surface area contributed by atoms with Crippen LogP contribution in [0.3, 0.4) is 0 Å². The molecule has 7 nitrogen and oxygen atoms in total. The fraction of sp³-hybridized carbons (Fsp3) is 0.391. The van der Waals surface area contributed by atoms with Gasteiger partial charge in [0.25, 0.3) is 0 Å². The Morgan fingerprint density at radius 3 is 2.27 bits per heavy atom. The van der Waals surface area contributed by atoms with Crippen LogP contribution in [0.1, 0.15) is 31.4 Å². The number of hydrogen-bond acceptors (Lipinski definition) is 4. The molecule has 2 aromatic rings. The lowest BCUT2D eigenvalue weighted by atomic mass is 10.1. The lowest BCUT2D eigenvalue weighted by molar-refractivity contribution is -0.140. The fourth-order valence-electron chi connectivity index (χ4n) is 3.57. The number of nitrogens with zero attached hydrogens (tertiary/aromatic N) is 2. The zero-order valence-electron chi connectivity index (χ0n) is 19.1. The molecule has 10 heteroatoms. The average molecular weight is 514 g/mol. The number of hydrogen-bond donors (Lipinski definition) is 1. The lowest BCUT2D eigenvalue weighted by Gasteiger charge is -2.33. The van der Waals surface area contributed by atoms with Gasteiger partial charge in [0.2, 0.25) is 21.8 Å². The van der Waals surface area contributed by atoms with Crippen LogP contribution in [0, 0.1) is 0 Å². The van der Waals surface area contributed by atoms with Crippen LogP contribution >= 0.6 is 23.2 Å². The highest BCUT2D eigenvalue weighted by atomic mass is 35.5. The molecule has 0 aromatic heterocycles. The first-order valence-corrected chi connectivity index (χ1v) is 13.1. The topological polar surface area (TPSA) is 86.8 Å². The van der Waals surface area contributed by atoms with E-state index in [0.717, 1.165) is 16.1 Å². The van der Waals surface area contributed by atoms with Gasteiger partial charge in [-0.1, -0.05) is 61.3 Å². The standard InChI is InChI=1S/C23H29Cl2N3O4S/c1-5-16-9-7-8-10-21(16)28(33(4,31)32)15-22(29)27(20(6-2)23(30)26-3)14-17-11-12-18(24)13-19(17)25/h7-13,20H,5-6,14-15H2,1-4H3,(H,26,30)/t20-/m1/s1. The van der Waals surface area contributed by atoms with E-state index in [1.54, 1.807) is 37.3 Å². The SMILES string of the molecule is CCc1ccccc1N(CC(=O)N(Cc1ccc(Cl)cc1Cl)[C@H](CC)C(=O)NC)S(C)(=O)=O. The van der Waals surface area contributed by atoms with E-state index in [1.165, 1.54) is 11.9 Å². The van der Waals surface area contributed by atoms with Gasteiger partial charge in [0.05, 0.1) is 11.9 Å². The number of anilines is 1. The van der Waals surface area contributed by atoms with E-state index < -0.39 is 28.5 Å². The zero-order valence-corrected chi connectivity index (χ0v) is 21.5. The number of carbonyl (C=O) groups excluding carboxylic acids is 2. The minimum absolute atomic E-state index is 0.0216. The third-order valence-electron chi connectivity index (χ3n) is 5.31. The first kappa shape index (κ1) is 27.0. The van der Waals surface area contributed by atoms with Gasteiger partial charge in [0.15, 0.2) is 0 Å². The molecule has 0 aliphatic carbocycles. The maximum Gasteiger partial charge on any atom is 0.244 e. The van der Waals surface area contributed by atoms with Crippen molar-refractivity contribution in [3.05, 3.63) is 63.6 Å². The molecule has 0 fully saturated rings. The number of amides is 2. The van der Waals surface area contributed by atoms with Crippen molar-refractivity contribution in [3.8, 4) is 0 Å². The van der Waals surface area contributed by atoms with Gasteiger partial charge in [-0.3, -0.25) is 13.9 Å². The molecule has 180 valence electrons. The average Bonchev–Trinajstić information content (AvgIpc) is 2.77. The minimum Gasteiger partial charge on any atom is -0.357 e. The predicted octanol–water partition coefficient (Wildman–Crippen LogP) is 3.88. The van der Waals surface area contributed by atoms with Crippen molar-refractivity contribution in [1.82, 2.24) is 10.2 Å². The molecule has 2 amide bonds. The summed E-state index contributed by atoms with van der Waals surface area (Å²) in [5.74, 6) is -0.872. The number of nitrogens with one attached hydrogen (secondary N) is 1. The number of benzene rings is 2. The minimum atomic E-state index is -3.78. The Labute approximate surface area is 205 Å². The monoisotopic (exact) mass is 513 g/mol. The number of likely N-dealkylation sites (N-methyl/N-ethyl adjacent to an activating group) is 1. The molecule has 2 aromatic carbocycles. The highest BCUT2D eigenvalue weighted by Crippen LogP contribution is 2.26. The molecular formula is C23H29Cl2N3O4S. The predicted molar refractivity (Wildman–Crippen MR) is 133 cm³/mol. The zero-order chi connectivity index (χ0) is 24.8. The van der Waals surface area contributed by atoms with Crippen LogP contribution in [0.25, 0.3) is 0 Å². The molecule has 1 atom stereocenters. The molecule has 2 rings (SSSR count). The van der Waals surface area contributed by atoms with Gasteiger partial charge in [-0.2, -0.15) is 0 Å².